The Morgan fingerprint density at radius 2 is 2.00 bits per heavy atom. The van der Waals surface area contributed by atoms with Crippen LogP contribution in [0, 0.1) is 0 Å². The van der Waals surface area contributed by atoms with Gasteiger partial charge in [0.2, 0.25) is 0 Å². The molecule has 8 heteroatoms. The van der Waals surface area contributed by atoms with Crippen LogP contribution >= 0.6 is 27.5 Å². The third kappa shape index (κ3) is 3.37. The van der Waals surface area contributed by atoms with E-state index in [1.165, 1.54) is 30.5 Å². The molecule has 0 amide bonds. The molecule has 19 heavy (non-hydrogen) atoms. The fraction of sp³-hybridized carbons (Fsp3) is 0. The third-order valence-electron chi connectivity index (χ3n) is 2.23. The molecule has 0 aliphatic heterocycles. The van der Waals surface area contributed by atoms with Gasteiger partial charge in [-0.1, -0.05) is 11.6 Å². The Balaban J connectivity index is 2.35. The molecule has 0 bridgehead atoms. The van der Waals surface area contributed by atoms with Gasteiger partial charge in [-0.25, -0.2) is 13.4 Å². The van der Waals surface area contributed by atoms with Crippen molar-refractivity contribution in [3.8, 4) is 0 Å². The van der Waals surface area contributed by atoms with E-state index in [9.17, 15) is 8.42 Å². The first-order valence-electron chi connectivity index (χ1n) is 5.08. The second kappa shape index (κ2) is 5.36. The first-order valence-corrected chi connectivity index (χ1v) is 7.73. The lowest BCUT2D eigenvalue weighted by Gasteiger charge is -2.09. The van der Waals surface area contributed by atoms with Crippen molar-refractivity contribution in [1.29, 1.82) is 0 Å². The maximum Gasteiger partial charge on any atom is 0.265 e. The van der Waals surface area contributed by atoms with Crippen molar-refractivity contribution in [1.82, 2.24) is 4.98 Å². The zero-order valence-electron chi connectivity index (χ0n) is 9.47. The van der Waals surface area contributed by atoms with Crippen molar-refractivity contribution in [2.75, 3.05) is 10.5 Å². The number of benzene rings is 1. The lowest BCUT2D eigenvalue weighted by Crippen LogP contribution is -2.15. The van der Waals surface area contributed by atoms with Crippen LogP contribution in [0.5, 0.6) is 0 Å². The minimum atomic E-state index is -3.79. The van der Waals surface area contributed by atoms with Gasteiger partial charge in [-0.15, -0.1) is 0 Å². The number of nitrogens with two attached hydrogens (primary N) is 1. The molecule has 2 rings (SSSR count). The van der Waals surface area contributed by atoms with E-state index in [2.05, 4.69) is 25.6 Å². The standard InChI is InChI=1S/C11H9BrClN3O2S/c12-7-1-4-11(15-6-7)16-19(17,18)10-3-2-8(13)5-9(10)14/h1-6H,14H2,(H,15,16). The van der Waals surface area contributed by atoms with E-state index in [1.807, 2.05) is 0 Å². The molecule has 0 aliphatic rings. The first-order chi connectivity index (χ1) is 8.88. The summed E-state index contributed by atoms with van der Waals surface area (Å²) in [6, 6.07) is 7.40. The average molecular weight is 363 g/mol. The minimum Gasteiger partial charge on any atom is -0.398 e. The molecule has 1 aromatic carbocycles. The van der Waals surface area contributed by atoms with Crippen LogP contribution in [0.2, 0.25) is 5.02 Å². The van der Waals surface area contributed by atoms with Crippen molar-refractivity contribution in [2.24, 2.45) is 0 Å². The molecule has 0 aliphatic carbocycles. The van der Waals surface area contributed by atoms with Crippen LogP contribution in [-0.4, -0.2) is 13.4 Å². The summed E-state index contributed by atoms with van der Waals surface area (Å²) < 4.78 is 27.4. The van der Waals surface area contributed by atoms with Crippen molar-refractivity contribution < 1.29 is 8.42 Å². The van der Waals surface area contributed by atoms with Gasteiger partial charge in [0.05, 0.1) is 5.69 Å². The molecule has 0 saturated carbocycles. The maximum absolute atomic E-state index is 12.1. The monoisotopic (exact) mass is 361 g/mol. The maximum atomic E-state index is 12.1. The Kier molecular flexibility index (Phi) is 3.98. The summed E-state index contributed by atoms with van der Waals surface area (Å²) in [4.78, 5) is 3.89. The summed E-state index contributed by atoms with van der Waals surface area (Å²) in [5.41, 5.74) is 5.73. The number of nitrogens with one attached hydrogen (secondary N) is 1. The number of nitrogens with zero attached hydrogens (tertiary/aromatic N) is 1. The topological polar surface area (TPSA) is 85.1 Å². The van der Waals surface area contributed by atoms with Crippen LogP contribution in [0.25, 0.3) is 0 Å². The number of hydrogen-bond acceptors (Lipinski definition) is 4. The van der Waals surface area contributed by atoms with Crippen LogP contribution < -0.4 is 10.5 Å². The summed E-state index contributed by atoms with van der Waals surface area (Å²) in [5.74, 6) is 0.206. The second-order valence-corrected chi connectivity index (χ2v) is 6.65. The van der Waals surface area contributed by atoms with Gasteiger partial charge in [0.15, 0.2) is 0 Å². The lowest BCUT2D eigenvalue weighted by molar-refractivity contribution is 0.601. The smallest absolute Gasteiger partial charge is 0.265 e. The van der Waals surface area contributed by atoms with Crippen molar-refractivity contribution >= 4 is 49.1 Å². The van der Waals surface area contributed by atoms with Gasteiger partial charge in [-0.3, -0.25) is 4.72 Å². The van der Waals surface area contributed by atoms with Crippen molar-refractivity contribution in [3.05, 3.63) is 46.0 Å². The predicted molar refractivity (Wildman–Crippen MR) is 78.6 cm³/mol. The van der Waals surface area contributed by atoms with Crippen molar-refractivity contribution in [2.45, 2.75) is 4.90 Å². The summed E-state index contributed by atoms with van der Waals surface area (Å²) in [7, 11) is -3.79. The van der Waals surface area contributed by atoms with Crippen LogP contribution in [0.4, 0.5) is 11.5 Å². The normalized spacial score (nSPS) is 11.3. The molecule has 2 aromatic rings. The number of aromatic nitrogens is 1. The highest BCUT2D eigenvalue weighted by molar-refractivity contribution is 9.10. The number of sulfonamides is 1. The van der Waals surface area contributed by atoms with Crippen LogP contribution in [0.3, 0.4) is 0 Å². The molecule has 100 valence electrons. The first kappa shape index (κ1) is 14.1. The molecule has 5 nitrogen and oxygen atoms in total. The highest BCUT2D eigenvalue weighted by Crippen LogP contribution is 2.24. The molecule has 0 saturated heterocycles. The molecule has 0 radical (unpaired) electrons. The highest BCUT2D eigenvalue weighted by Gasteiger charge is 2.18. The predicted octanol–water partition coefficient (Wildman–Crippen LogP) is 2.88. The average Bonchev–Trinajstić information content (AvgIpc) is 2.31. The number of anilines is 2. The van der Waals surface area contributed by atoms with E-state index in [-0.39, 0.29) is 16.4 Å². The molecule has 0 atom stereocenters. The second-order valence-electron chi connectivity index (χ2n) is 3.65. The zero-order valence-corrected chi connectivity index (χ0v) is 12.6. The van der Waals surface area contributed by atoms with Gasteiger partial charge in [-0.2, -0.15) is 0 Å². The van der Waals surface area contributed by atoms with E-state index >= 15 is 0 Å². The lowest BCUT2D eigenvalue weighted by atomic mass is 10.3. The number of halogens is 2. The highest BCUT2D eigenvalue weighted by atomic mass is 79.9. The van der Waals surface area contributed by atoms with Gasteiger partial charge in [0.25, 0.3) is 10.0 Å². The Morgan fingerprint density at radius 1 is 1.26 bits per heavy atom. The summed E-state index contributed by atoms with van der Waals surface area (Å²) in [5, 5.41) is 0.373. The summed E-state index contributed by atoms with van der Waals surface area (Å²) >= 11 is 8.95. The number of nitrogen functional groups attached to an aromatic ring is 1. The third-order valence-corrected chi connectivity index (χ3v) is 4.36. The van der Waals surface area contributed by atoms with Gasteiger partial charge in [-0.05, 0) is 46.3 Å². The molecule has 1 aromatic heterocycles. The quantitative estimate of drug-likeness (QED) is 0.822. The van der Waals surface area contributed by atoms with E-state index in [0.29, 0.717) is 5.02 Å². The Morgan fingerprint density at radius 3 is 2.58 bits per heavy atom. The number of pyridine rings is 1. The molecular weight excluding hydrogens is 354 g/mol. The fourth-order valence-electron chi connectivity index (χ4n) is 1.39. The van der Waals surface area contributed by atoms with Crippen LogP contribution in [0.1, 0.15) is 0 Å². The summed E-state index contributed by atoms with van der Waals surface area (Å²) in [6.45, 7) is 0. The van der Waals surface area contributed by atoms with Crippen molar-refractivity contribution in [3.63, 3.8) is 0 Å². The van der Waals surface area contributed by atoms with E-state index in [4.69, 9.17) is 17.3 Å². The van der Waals surface area contributed by atoms with Crippen LogP contribution in [0.15, 0.2) is 45.9 Å². The minimum absolute atomic E-state index is 0.0402. The summed E-state index contributed by atoms with van der Waals surface area (Å²) in [6.07, 6.45) is 1.49. The molecule has 0 spiro atoms. The Bertz CT molecular complexity index is 704. The number of hydrogen-bond donors (Lipinski definition) is 2. The molecule has 0 fully saturated rings. The fourth-order valence-corrected chi connectivity index (χ4v) is 2.93. The molecule has 1 heterocycles. The molecular formula is C11H9BrClN3O2S. The number of rotatable bonds is 3. The largest absolute Gasteiger partial charge is 0.398 e. The van der Waals surface area contributed by atoms with Gasteiger partial charge < -0.3 is 5.73 Å². The Labute approximate surface area is 124 Å². The molecule has 3 N–H and O–H groups in total. The van der Waals surface area contributed by atoms with E-state index in [1.54, 1.807) is 6.07 Å². The van der Waals surface area contributed by atoms with E-state index < -0.39 is 10.0 Å². The molecule has 0 unspecified atom stereocenters. The van der Waals surface area contributed by atoms with E-state index in [0.717, 1.165) is 4.47 Å². The van der Waals surface area contributed by atoms with Gasteiger partial charge in [0, 0.05) is 15.7 Å². The zero-order chi connectivity index (χ0) is 14.0. The van der Waals surface area contributed by atoms with Crippen LogP contribution in [-0.2, 0) is 10.0 Å². The van der Waals surface area contributed by atoms with Gasteiger partial charge >= 0.3 is 0 Å². The van der Waals surface area contributed by atoms with Gasteiger partial charge in [0.1, 0.15) is 10.7 Å². The Hall–Kier alpha value is -1.31. The SMILES string of the molecule is Nc1cc(Cl)ccc1S(=O)(=O)Nc1ccc(Br)cn1.